The van der Waals surface area contributed by atoms with Crippen LogP contribution in [0.5, 0.6) is 0 Å². The zero-order valence-electron chi connectivity index (χ0n) is 11.4. The monoisotopic (exact) mass is 262 g/mol. The van der Waals surface area contributed by atoms with Crippen LogP contribution in [0.15, 0.2) is 24.3 Å². The lowest BCUT2D eigenvalue weighted by Gasteiger charge is -2.36. The first kappa shape index (κ1) is 13.1. The standard InChI is InChI=1S/C16H23FN2/c17-15-5-3-13(4-6-15)9-19-10-14(7-12-1-2-12)8-16(18)11-19/h3-6,12,14,16H,1-2,7-11,18H2. The molecule has 1 saturated heterocycles. The topological polar surface area (TPSA) is 29.3 Å². The van der Waals surface area contributed by atoms with Gasteiger partial charge in [-0.2, -0.15) is 0 Å². The van der Waals surface area contributed by atoms with E-state index in [0.717, 1.165) is 31.5 Å². The van der Waals surface area contributed by atoms with Gasteiger partial charge in [0.15, 0.2) is 0 Å². The molecular weight excluding hydrogens is 239 g/mol. The average molecular weight is 262 g/mol. The Morgan fingerprint density at radius 3 is 2.53 bits per heavy atom. The Hall–Kier alpha value is -0.930. The van der Waals surface area contributed by atoms with Crippen molar-refractivity contribution in [2.45, 2.75) is 38.3 Å². The maximum atomic E-state index is 12.9. The van der Waals surface area contributed by atoms with Gasteiger partial charge in [-0.1, -0.05) is 25.0 Å². The first-order valence-corrected chi connectivity index (χ1v) is 7.41. The van der Waals surface area contributed by atoms with Crippen molar-refractivity contribution in [3.63, 3.8) is 0 Å². The number of rotatable bonds is 4. The summed E-state index contributed by atoms with van der Waals surface area (Å²) >= 11 is 0. The first-order chi connectivity index (χ1) is 9.19. The van der Waals surface area contributed by atoms with Gasteiger partial charge < -0.3 is 5.73 Å². The van der Waals surface area contributed by atoms with Crippen LogP contribution in [0.3, 0.4) is 0 Å². The van der Waals surface area contributed by atoms with Crippen molar-refractivity contribution in [1.29, 1.82) is 0 Å². The van der Waals surface area contributed by atoms with E-state index in [4.69, 9.17) is 5.73 Å². The minimum absolute atomic E-state index is 0.161. The SMILES string of the molecule is NC1CC(CC2CC2)CN(Cc2ccc(F)cc2)C1. The van der Waals surface area contributed by atoms with Gasteiger partial charge in [0.25, 0.3) is 0 Å². The van der Waals surface area contributed by atoms with E-state index >= 15 is 0 Å². The molecule has 0 radical (unpaired) electrons. The quantitative estimate of drug-likeness (QED) is 0.904. The molecule has 2 unspecified atom stereocenters. The van der Waals surface area contributed by atoms with Crippen molar-refractivity contribution in [3.05, 3.63) is 35.6 Å². The van der Waals surface area contributed by atoms with Crippen LogP contribution in [-0.2, 0) is 6.54 Å². The molecule has 2 atom stereocenters. The fraction of sp³-hybridized carbons (Fsp3) is 0.625. The minimum Gasteiger partial charge on any atom is -0.327 e. The van der Waals surface area contributed by atoms with Crippen molar-refractivity contribution in [2.24, 2.45) is 17.6 Å². The van der Waals surface area contributed by atoms with E-state index in [1.807, 2.05) is 12.1 Å². The number of halogens is 1. The van der Waals surface area contributed by atoms with Gasteiger partial charge in [0.2, 0.25) is 0 Å². The Morgan fingerprint density at radius 2 is 1.84 bits per heavy atom. The molecule has 2 N–H and O–H groups in total. The van der Waals surface area contributed by atoms with E-state index in [-0.39, 0.29) is 5.82 Å². The van der Waals surface area contributed by atoms with E-state index in [0.29, 0.717) is 6.04 Å². The molecule has 1 aliphatic carbocycles. The molecule has 1 aromatic rings. The Labute approximate surface area is 114 Å². The lowest BCUT2D eigenvalue weighted by Crippen LogP contribution is -2.46. The fourth-order valence-electron chi connectivity index (χ4n) is 3.32. The van der Waals surface area contributed by atoms with Gasteiger partial charge in [0, 0.05) is 25.7 Å². The van der Waals surface area contributed by atoms with Gasteiger partial charge in [-0.3, -0.25) is 4.90 Å². The number of piperidine rings is 1. The summed E-state index contributed by atoms with van der Waals surface area (Å²) < 4.78 is 12.9. The highest BCUT2D eigenvalue weighted by Gasteiger charge is 2.30. The molecule has 1 saturated carbocycles. The van der Waals surface area contributed by atoms with Crippen molar-refractivity contribution in [2.75, 3.05) is 13.1 Å². The highest BCUT2D eigenvalue weighted by atomic mass is 19.1. The third kappa shape index (κ3) is 3.77. The maximum Gasteiger partial charge on any atom is 0.123 e. The molecule has 0 spiro atoms. The number of hydrogen-bond donors (Lipinski definition) is 1. The van der Waals surface area contributed by atoms with Gasteiger partial charge in [-0.05, 0) is 42.4 Å². The largest absolute Gasteiger partial charge is 0.327 e. The van der Waals surface area contributed by atoms with Crippen LogP contribution in [0.2, 0.25) is 0 Å². The van der Waals surface area contributed by atoms with Gasteiger partial charge >= 0.3 is 0 Å². The molecule has 2 nitrogen and oxygen atoms in total. The van der Waals surface area contributed by atoms with Crippen molar-refractivity contribution < 1.29 is 4.39 Å². The van der Waals surface area contributed by atoms with E-state index in [1.54, 1.807) is 12.1 Å². The second-order valence-corrected chi connectivity index (χ2v) is 6.36. The van der Waals surface area contributed by atoms with Crippen LogP contribution in [0.25, 0.3) is 0 Å². The Morgan fingerprint density at radius 1 is 1.11 bits per heavy atom. The fourth-order valence-corrected chi connectivity index (χ4v) is 3.32. The maximum absolute atomic E-state index is 12.9. The summed E-state index contributed by atoms with van der Waals surface area (Å²) in [7, 11) is 0. The summed E-state index contributed by atoms with van der Waals surface area (Å²) in [5.74, 6) is 1.57. The molecule has 1 aliphatic heterocycles. The van der Waals surface area contributed by atoms with Crippen LogP contribution < -0.4 is 5.73 Å². The average Bonchev–Trinajstić information content (AvgIpc) is 3.15. The Kier molecular flexibility index (Phi) is 3.85. The molecule has 3 heteroatoms. The first-order valence-electron chi connectivity index (χ1n) is 7.41. The number of benzene rings is 1. The number of likely N-dealkylation sites (tertiary alicyclic amines) is 1. The Balaban J connectivity index is 1.57. The molecule has 19 heavy (non-hydrogen) atoms. The van der Waals surface area contributed by atoms with Gasteiger partial charge in [-0.25, -0.2) is 4.39 Å². The molecule has 2 aliphatic rings. The van der Waals surface area contributed by atoms with Crippen LogP contribution in [0, 0.1) is 17.7 Å². The zero-order chi connectivity index (χ0) is 13.2. The normalized spacial score (nSPS) is 28.5. The summed E-state index contributed by atoms with van der Waals surface area (Å²) in [6, 6.07) is 7.15. The lowest BCUT2D eigenvalue weighted by molar-refractivity contribution is 0.141. The summed E-state index contributed by atoms with van der Waals surface area (Å²) in [5, 5.41) is 0. The van der Waals surface area contributed by atoms with Crippen molar-refractivity contribution in [3.8, 4) is 0 Å². The summed E-state index contributed by atoms with van der Waals surface area (Å²) in [6.07, 6.45) is 5.37. The zero-order valence-corrected chi connectivity index (χ0v) is 11.4. The molecule has 2 fully saturated rings. The van der Waals surface area contributed by atoms with E-state index in [9.17, 15) is 4.39 Å². The summed E-state index contributed by atoms with van der Waals surface area (Å²) in [4.78, 5) is 2.44. The van der Waals surface area contributed by atoms with Crippen LogP contribution >= 0.6 is 0 Å². The van der Waals surface area contributed by atoms with E-state index in [1.165, 1.54) is 31.2 Å². The lowest BCUT2D eigenvalue weighted by atomic mass is 9.90. The van der Waals surface area contributed by atoms with Gasteiger partial charge in [-0.15, -0.1) is 0 Å². The molecular formula is C16H23FN2. The number of hydrogen-bond acceptors (Lipinski definition) is 2. The van der Waals surface area contributed by atoms with Crippen LogP contribution in [0.1, 0.15) is 31.2 Å². The third-order valence-corrected chi connectivity index (χ3v) is 4.33. The van der Waals surface area contributed by atoms with Gasteiger partial charge in [0.05, 0.1) is 0 Å². The van der Waals surface area contributed by atoms with Gasteiger partial charge in [0.1, 0.15) is 5.82 Å². The molecule has 0 aromatic heterocycles. The van der Waals surface area contributed by atoms with E-state index < -0.39 is 0 Å². The molecule has 0 amide bonds. The number of nitrogens with zero attached hydrogens (tertiary/aromatic N) is 1. The number of nitrogens with two attached hydrogens (primary N) is 1. The van der Waals surface area contributed by atoms with E-state index in [2.05, 4.69) is 4.90 Å². The second kappa shape index (κ2) is 5.59. The highest BCUT2D eigenvalue weighted by molar-refractivity contribution is 5.16. The second-order valence-electron chi connectivity index (χ2n) is 6.36. The third-order valence-electron chi connectivity index (χ3n) is 4.33. The van der Waals surface area contributed by atoms with Crippen molar-refractivity contribution >= 4 is 0 Å². The molecule has 0 bridgehead atoms. The predicted molar refractivity (Wildman–Crippen MR) is 75.1 cm³/mol. The predicted octanol–water partition coefficient (Wildman–Crippen LogP) is 2.78. The smallest absolute Gasteiger partial charge is 0.123 e. The molecule has 1 heterocycles. The minimum atomic E-state index is -0.161. The molecule has 3 rings (SSSR count). The Bertz CT molecular complexity index is 411. The van der Waals surface area contributed by atoms with Crippen LogP contribution in [0.4, 0.5) is 4.39 Å². The molecule has 104 valence electrons. The highest BCUT2D eigenvalue weighted by Crippen LogP contribution is 2.37. The summed E-state index contributed by atoms with van der Waals surface area (Å²) in [5.41, 5.74) is 7.37. The summed E-state index contributed by atoms with van der Waals surface area (Å²) in [6.45, 7) is 3.02. The van der Waals surface area contributed by atoms with Crippen LogP contribution in [-0.4, -0.2) is 24.0 Å². The van der Waals surface area contributed by atoms with Crippen molar-refractivity contribution in [1.82, 2.24) is 4.90 Å². The molecule has 1 aromatic carbocycles.